The summed E-state index contributed by atoms with van der Waals surface area (Å²) in [6, 6.07) is 0. The summed E-state index contributed by atoms with van der Waals surface area (Å²) >= 11 is 0. The van der Waals surface area contributed by atoms with Crippen LogP contribution >= 0.6 is 0 Å². The van der Waals surface area contributed by atoms with Gasteiger partial charge in [0, 0.05) is 6.61 Å². The van der Waals surface area contributed by atoms with Gasteiger partial charge in [0.05, 0.1) is 6.10 Å². The number of hydrogen-bond acceptors (Lipinski definition) is 3. The highest BCUT2D eigenvalue weighted by molar-refractivity contribution is 5.77. The van der Waals surface area contributed by atoms with Gasteiger partial charge >= 0.3 is 5.97 Å². The second kappa shape index (κ2) is 7.85. The van der Waals surface area contributed by atoms with Crippen LogP contribution in [0.1, 0.15) is 65.2 Å². The molecule has 0 aromatic rings. The first-order valence-electron chi connectivity index (χ1n) is 7.61. The quantitative estimate of drug-likeness (QED) is 0.666. The van der Waals surface area contributed by atoms with Gasteiger partial charge in [-0.3, -0.25) is 4.79 Å². The monoisotopic (exact) mass is 271 g/mol. The van der Waals surface area contributed by atoms with Gasteiger partial charge in [-0.25, -0.2) is 0 Å². The lowest BCUT2D eigenvalue weighted by molar-refractivity contribution is -0.143. The third kappa shape index (κ3) is 5.49. The lowest BCUT2D eigenvalue weighted by Gasteiger charge is -2.30. The summed E-state index contributed by atoms with van der Waals surface area (Å²) in [5.74, 6) is -0.209. The zero-order valence-electron chi connectivity index (χ0n) is 12.4. The van der Waals surface area contributed by atoms with E-state index in [1.165, 1.54) is 32.1 Å². The Kier molecular flexibility index (Phi) is 6.80. The number of carbonyl (C=O) groups is 1. The van der Waals surface area contributed by atoms with Crippen molar-refractivity contribution in [3.63, 3.8) is 0 Å². The van der Waals surface area contributed by atoms with Crippen LogP contribution in [0.5, 0.6) is 0 Å². The van der Waals surface area contributed by atoms with Crippen molar-refractivity contribution >= 4 is 5.97 Å². The summed E-state index contributed by atoms with van der Waals surface area (Å²) in [6.45, 7) is 4.54. The van der Waals surface area contributed by atoms with E-state index in [4.69, 9.17) is 15.6 Å². The van der Waals surface area contributed by atoms with Crippen LogP contribution in [0, 0.1) is 5.92 Å². The molecule has 4 nitrogen and oxygen atoms in total. The second-order valence-corrected chi connectivity index (χ2v) is 6.04. The molecule has 0 aromatic carbocycles. The number of carboxylic acids is 1. The molecule has 3 atom stereocenters. The highest BCUT2D eigenvalue weighted by atomic mass is 16.5. The minimum Gasteiger partial charge on any atom is -0.480 e. The van der Waals surface area contributed by atoms with Gasteiger partial charge in [-0.05, 0) is 44.9 Å². The molecule has 19 heavy (non-hydrogen) atoms. The summed E-state index contributed by atoms with van der Waals surface area (Å²) in [6.07, 6.45) is 8.92. The third-order valence-corrected chi connectivity index (χ3v) is 4.27. The maximum atomic E-state index is 10.9. The number of ether oxygens (including phenoxy) is 1. The molecule has 0 heterocycles. The second-order valence-electron chi connectivity index (χ2n) is 6.04. The molecule has 0 saturated heterocycles. The molecule has 1 saturated carbocycles. The van der Waals surface area contributed by atoms with E-state index in [-0.39, 0.29) is 0 Å². The number of carboxylic acid groups (broad SMARTS) is 1. The van der Waals surface area contributed by atoms with Crippen molar-refractivity contribution in [3.8, 4) is 0 Å². The standard InChI is InChI=1S/C15H29NO3/c1-3-12-8-4-5-9-13(12)19-11-7-6-10-15(2,16)14(17)18/h12-13H,3-11,16H2,1-2H3,(H,17,18). The molecular weight excluding hydrogens is 242 g/mol. The van der Waals surface area contributed by atoms with Crippen LogP contribution in [0.15, 0.2) is 0 Å². The molecule has 0 radical (unpaired) electrons. The fourth-order valence-electron chi connectivity index (χ4n) is 2.80. The van der Waals surface area contributed by atoms with Gasteiger partial charge in [0.1, 0.15) is 5.54 Å². The van der Waals surface area contributed by atoms with Gasteiger partial charge in [0.15, 0.2) is 0 Å². The number of rotatable bonds is 8. The Morgan fingerprint density at radius 3 is 2.68 bits per heavy atom. The number of hydrogen-bond donors (Lipinski definition) is 2. The average molecular weight is 271 g/mol. The number of unbranched alkanes of at least 4 members (excludes halogenated alkanes) is 1. The number of aliphatic carboxylic acids is 1. The Labute approximate surface area is 116 Å². The Morgan fingerprint density at radius 1 is 1.37 bits per heavy atom. The summed E-state index contributed by atoms with van der Waals surface area (Å²) in [5.41, 5.74) is 4.59. The Hall–Kier alpha value is -0.610. The maximum Gasteiger partial charge on any atom is 0.323 e. The Bertz CT molecular complexity index is 279. The lowest BCUT2D eigenvalue weighted by atomic mass is 9.85. The van der Waals surface area contributed by atoms with Crippen LogP contribution in [-0.2, 0) is 9.53 Å². The summed E-state index contributed by atoms with van der Waals surface area (Å²) in [5, 5.41) is 8.91. The average Bonchev–Trinajstić information content (AvgIpc) is 2.38. The van der Waals surface area contributed by atoms with Crippen molar-refractivity contribution in [2.75, 3.05) is 6.61 Å². The van der Waals surface area contributed by atoms with Crippen molar-refractivity contribution in [3.05, 3.63) is 0 Å². The molecule has 3 unspecified atom stereocenters. The van der Waals surface area contributed by atoms with Gasteiger partial charge < -0.3 is 15.6 Å². The smallest absolute Gasteiger partial charge is 0.323 e. The molecule has 0 aliphatic heterocycles. The molecule has 0 bridgehead atoms. The minimum absolute atomic E-state index is 0.419. The van der Waals surface area contributed by atoms with Gasteiger partial charge in [-0.1, -0.05) is 26.2 Å². The fraction of sp³-hybridized carbons (Fsp3) is 0.933. The molecule has 1 aliphatic rings. The van der Waals surface area contributed by atoms with E-state index < -0.39 is 11.5 Å². The van der Waals surface area contributed by atoms with Gasteiger partial charge in [0.2, 0.25) is 0 Å². The van der Waals surface area contributed by atoms with E-state index in [1.54, 1.807) is 6.92 Å². The molecule has 3 N–H and O–H groups in total. The summed E-state index contributed by atoms with van der Waals surface area (Å²) < 4.78 is 5.97. The molecular formula is C15H29NO3. The van der Waals surface area contributed by atoms with Crippen LogP contribution in [0.3, 0.4) is 0 Å². The van der Waals surface area contributed by atoms with E-state index >= 15 is 0 Å². The molecule has 0 spiro atoms. The van der Waals surface area contributed by atoms with Crippen molar-refractivity contribution in [1.82, 2.24) is 0 Å². The molecule has 1 rings (SSSR count). The van der Waals surface area contributed by atoms with Crippen LogP contribution < -0.4 is 5.73 Å². The third-order valence-electron chi connectivity index (χ3n) is 4.27. The maximum absolute atomic E-state index is 10.9. The molecule has 4 heteroatoms. The van der Waals surface area contributed by atoms with Crippen molar-refractivity contribution in [1.29, 1.82) is 0 Å². The largest absolute Gasteiger partial charge is 0.480 e. The topological polar surface area (TPSA) is 72.5 Å². The van der Waals surface area contributed by atoms with E-state index in [0.717, 1.165) is 19.4 Å². The summed E-state index contributed by atoms with van der Waals surface area (Å²) in [7, 11) is 0. The van der Waals surface area contributed by atoms with Crippen LogP contribution in [0.2, 0.25) is 0 Å². The van der Waals surface area contributed by atoms with Crippen molar-refractivity contribution in [2.45, 2.75) is 76.9 Å². The van der Waals surface area contributed by atoms with Crippen molar-refractivity contribution < 1.29 is 14.6 Å². The molecule has 1 fully saturated rings. The van der Waals surface area contributed by atoms with E-state index in [9.17, 15) is 4.79 Å². The molecule has 1 aliphatic carbocycles. The first-order valence-corrected chi connectivity index (χ1v) is 7.61. The summed E-state index contributed by atoms with van der Waals surface area (Å²) in [4.78, 5) is 10.9. The Balaban J connectivity index is 2.15. The predicted molar refractivity (Wildman–Crippen MR) is 76.1 cm³/mol. The Morgan fingerprint density at radius 2 is 2.05 bits per heavy atom. The van der Waals surface area contributed by atoms with Crippen LogP contribution in [0.4, 0.5) is 0 Å². The predicted octanol–water partition coefficient (Wildman–Crippen LogP) is 2.94. The first-order chi connectivity index (χ1) is 8.97. The minimum atomic E-state index is -1.10. The van der Waals surface area contributed by atoms with Crippen LogP contribution in [-0.4, -0.2) is 29.3 Å². The van der Waals surface area contributed by atoms with E-state index in [2.05, 4.69) is 6.92 Å². The zero-order chi connectivity index (χ0) is 14.3. The van der Waals surface area contributed by atoms with Gasteiger partial charge in [-0.15, -0.1) is 0 Å². The van der Waals surface area contributed by atoms with E-state index in [1.807, 2.05) is 0 Å². The number of nitrogens with two attached hydrogens (primary N) is 1. The van der Waals surface area contributed by atoms with Gasteiger partial charge in [-0.2, -0.15) is 0 Å². The van der Waals surface area contributed by atoms with E-state index in [0.29, 0.717) is 18.4 Å². The lowest BCUT2D eigenvalue weighted by Crippen LogP contribution is -2.44. The normalized spacial score (nSPS) is 26.9. The molecule has 0 aromatic heterocycles. The SMILES string of the molecule is CCC1CCCCC1OCCCCC(C)(N)C(=O)O. The first kappa shape index (κ1) is 16.4. The van der Waals surface area contributed by atoms with Crippen LogP contribution in [0.25, 0.3) is 0 Å². The molecule has 0 amide bonds. The fourth-order valence-corrected chi connectivity index (χ4v) is 2.80. The van der Waals surface area contributed by atoms with Crippen molar-refractivity contribution in [2.24, 2.45) is 11.7 Å². The van der Waals surface area contributed by atoms with Gasteiger partial charge in [0.25, 0.3) is 0 Å². The highest BCUT2D eigenvalue weighted by Crippen LogP contribution is 2.29. The highest BCUT2D eigenvalue weighted by Gasteiger charge is 2.27. The molecule has 112 valence electrons. The zero-order valence-corrected chi connectivity index (χ0v) is 12.4.